The number of nitrogens with two attached hydrogens (primary N) is 1. The van der Waals surface area contributed by atoms with E-state index in [0.717, 1.165) is 19.4 Å². The van der Waals surface area contributed by atoms with Crippen LogP contribution in [0.4, 0.5) is 0 Å². The zero-order chi connectivity index (χ0) is 12.6. The van der Waals surface area contributed by atoms with Gasteiger partial charge < -0.3 is 10.4 Å². The van der Waals surface area contributed by atoms with Crippen LogP contribution < -0.4 is 5.32 Å². The van der Waals surface area contributed by atoms with Crippen molar-refractivity contribution in [1.82, 2.24) is 0 Å². The number of quaternary nitrogens is 1. The van der Waals surface area contributed by atoms with Crippen LogP contribution >= 0.6 is 0 Å². The van der Waals surface area contributed by atoms with Crippen LogP contribution in [0.2, 0.25) is 0 Å². The highest BCUT2D eigenvalue weighted by molar-refractivity contribution is 5.24. The van der Waals surface area contributed by atoms with Crippen LogP contribution in [0.15, 0.2) is 24.3 Å². The highest BCUT2D eigenvalue weighted by Gasteiger charge is 2.48. The standard InChI is InChI=1S/C16H23NO/c1-12-5-7-13(8-6-12)15-14-4-2-3-9-16(14,18)10-11-17-15/h5-8,14-15,17-18H,2-4,9-11H2,1H3/p+1/t14-,15+,16+/m1/s1. The summed E-state index contributed by atoms with van der Waals surface area (Å²) in [6.45, 7) is 3.19. The summed E-state index contributed by atoms with van der Waals surface area (Å²) < 4.78 is 0. The number of hydrogen-bond donors (Lipinski definition) is 2. The number of hydrogen-bond acceptors (Lipinski definition) is 1. The minimum atomic E-state index is -0.386. The maximum Gasteiger partial charge on any atom is 0.117 e. The molecule has 98 valence electrons. The molecule has 1 aromatic rings. The summed E-state index contributed by atoms with van der Waals surface area (Å²) in [4.78, 5) is 0. The molecule has 1 aromatic carbocycles. The molecule has 0 unspecified atom stereocenters. The van der Waals surface area contributed by atoms with Crippen molar-refractivity contribution in [2.75, 3.05) is 6.54 Å². The van der Waals surface area contributed by atoms with E-state index >= 15 is 0 Å². The molecule has 2 fully saturated rings. The second-order valence-corrected chi connectivity index (χ2v) is 6.17. The molecule has 3 N–H and O–H groups in total. The van der Waals surface area contributed by atoms with Gasteiger partial charge in [0.15, 0.2) is 0 Å². The lowest BCUT2D eigenvalue weighted by Gasteiger charge is -2.46. The third-order valence-electron chi connectivity index (χ3n) is 4.96. The summed E-state index contributed by atoms with van der Waals surface area (Å²) in [6.07, 6.45) is 5.65. The maximum atomic E-state index is 10.9. The van der Waals surface area contributed by atoms with Crippen molar-refractivity contribution in [2.45, 2.75) is 50.7 Å². The van der Waals surface area contributed by atoms with E-state index in [-0.39, 0.29) is 5.60 Å². The van der Waals surface area contributed by atoms with Crippen LogP contribution in [0.1, 0.15) is 49.3 Å². The Morgan fingerprint density at radius 1 is 1.17 bits per heavy atom. The first-order chi connectivity index (χ1) is 8.69. The molecule has 1 saturated carbocycles. The van der Waals surface area contributed by atoms with Crippen LogP contribution in [0.3, 0.4) is 0 Å². The highest BCUT2D eigenvalue weighted by Crippen LogP contribution is 2.43. The molecule has 2 heteroatoms. The Bertz CT molecular complexity index is 410. The topological polar surface area (TPSA) is 36.8 Å². The molecule has 1 aliphatic carbocycles. The van der Waals surface area contributed by atoms with Crippen molar-refractivity contribution < 1.29 is 10.4 Å². The van der Waals surface area contributed by atoms with Gasteiger partial charge in [0.05, 0.1) is 12.1 Å². The van der Waals surface area contributed by atoms with E-state index in [1.54, 1.807) is 0 Å². The highest BCUT2D eigenvalue weighted by atomic mass is 16.3. The molecule has 0 spiro atoms. The zero-order valence-corrected chi connectivity index (χ0v) is 11.2. The van der Waals surface area contributed by atoms with Crippen LogP contribution in [-0.4, -0.2) is 17.3 Å². The average Bonchev–Trinajstić information content (AvgIpc) is 2.38. The fourth-order valence-electron chi connectivity index (χ4n) is 3.91. The Kier molecular flexibility index (Phi) is 3.16. The van der Waals surface area contributed by atoms with Gasteiger partial charge in [-0.3, -0.25) is 0 Å². The van der Waals surface area contributed by atoms with E-state index in [9.17, 15) is 5.11 Å². The molecule has 18 heavy (non-hydrogen) atoms. The molecular weight excluding hydrogens is 222 g/mol. The third-order valence-corrected chi connectivity index (χ3v) is 4.96. The monoisotopic (exact) mass is 246 g/mol. The second-order valence-electron chi connectivity index (χ2n) is 6.17. The Balaban J connectivity index is 1.88. The lowest BCUT2D eigenvalue weighted by Crippen LogP contribution is -2.91. The van der Waals surface area contributed by atoms with Crippen molar-refractivity contribution in [2.24, 2.45) is 5.92 Å². The van der Waals surface area contributed by atoms with Gasteiger partial charge in [-0.25, -0.2) is 0 Å². The SMILES string of the molecule is Cc1ccc([C@@H]2[NH2+]CC[C@@]3(O)CCCC[C@H]23)cc1. The molecule has 3 atom stereocenters. The Hall–Kier alpha value is -0.860. The first kappa shape index (κ1) is 12.2. The Morgan fingerprint density at radius 2 is 1.94 bits per heavy atom. The van der Waals surface area contributed by atoms with E-state index in [1.165, 1.54) is 30.4 Å². The Labute approximate surface area is 109 Å². The minimum absolute atomic E-state index is 0.386. The van der Waals surface area contributed by atoms with Crippen molar-refractivity contribution in [3.63, 3.8) is 0 Å². The number of aryl methyl sites for hydroxylation is 1. The molecular formula is C16H24NO+. The predicted octanol–water partition coefficient (Wildman–Crippen LogP) is 1.92. The molecule has 3 rings (SSSR count). The second kappa shape index (κ2) is 4.67. The molecule has 1 heterocycles. The van der Waals surface area contributed by atoms with Gasteiger partial charge in [0.1, 0.15) is 6.04 Å². The van der Waals surface area contributed by atoms with Gasteiger partial charge in [-0.15, -0.1) is 0 Å². The molecule has 0 radical (unpaired) electrons. The first-order valence-corrected chi connectivity index (χ1v) is 7.31. The Morgan fingerprint density at radius 3 is 2.72 bits per heavy atom. The van der Waals surface area contributed by atoms with Crippen LogP contribution in [0.25, 0.3) is 0 Å². The van der Waals surface area contributed by atoms with E-state index in [2.05, 4.69) is 36.5 Å². The largest absolute Gasteiger partial charge is 0.389 e. The van der Waals surface area contributed by atoms with Gasteiger partial charge >= 0.3 is 0 Å². The summed E-state index contributed by atoms with van der Waals surface area (Å²) in [5.41, 5.74) is 2.32. The fourth-order valence-corrected chi connectivity index (χ4v) is 3.91. The van der Waals surface area contributed by atoms with Gasteiger partial charge in [-0.1, -0.05) is 42.7 Å². The van der Waals surface area contributed by atoms with Crippen LogP contribution in [-0.2, 0) is 0 Å². The van der Waals surface area contributed by atoms with Gasteiger partial charge in [0, 0.05) is 17.9 Å². The quantitative estimate of drug-likeness (QED) is 0.780. The fraction of sp³-hybridized carbons (Fsp3) is 0.625. The molecule has 2 aliphatic rings. The first-order valence-electron chi connectivity index (χ1n) is 7.31. The van der Waals surface area contributed by atoms with Crippen LogP contribution in [0.5, 0.6) is 0 Å². The number of aliphatic hydroxyl groups is 1. The van der Waals surface area contributed by atoms with E-state index < -0.39 is 0 Å². The average molecular weight is 246 g/mol. The number of fused-ring (bicyclic) bond motifs is 1. The van der Waals surface area contributed by atoms with E-state index in [1.807, 2.05) is 0 Å². The normalized spacial score (nSPS) is 36.1. The van der Waals surface area contributed by atoms with Crippen molar-refractivity contribution in [3.05, 3.63) is 35.4 Å². The van der Waals surface area contributed by atoms with Gasteiger partial charge in [0.25, 0.3) is 0 Å². The summed E-state index contributed by atoms with van der Waals surface area (Å²) in [5, 5.41) is 13.3. The molecule has 1 aliphatic heterocycles. The van der Waals surface area contributed by atoms with Crippen LogP contribution in [0, 0.1) is 12.8 Å². The molecule has 2 nitrogen and oxygen atoms in total. The van der Waals surface area contributed by atoms with E-state index in [4.69, 9.17) is 0 Å². The summed E-state index contributed by atoms with van der Waals surface area (Å²) in [5.74, 6) is 0.447. The number of rotatable bonds is 1. The summed E-state index contributed by atoms with van der Waals surface area (Å²) in [7, 11) is 0. The molecule has 0 bridgehead atoms. The number of piperidine rings is 1. The lowest BCUT2D eigenvalue weighted by atomic mass is 9.67. The summed E-state index contributed by atoms with van der Waals surface area (Å²) >= 11 is 0. The molecule has 0 aromatic heterocycles. The van der Waals surface area contributed by atoms with Crippen molar-refractivity contribution in [3.8, 4) is 0 Å². The zero-order valence-electron chi connectivity index (χ0n) is 11.2. The lowest BCUT2D eigenvalue weighted by molar-refractivity contribution is -0.719. The number of benzene rings is 1. The molecule has 1 saturated heterocycles. The molecule has 0 amide bonds. The maximum absolute atomic E-state index is 10.9. The predicted molar refractivity (Wildman–Crippen MR) is 72.2 cm³/mol. The van der Waals surface area contributed by atoms with Crippen molar-refractivity contribution >= 4 is 0 Å². The van der Waals surface area contributed by atoms with E-state index in [0.29, 0.717) is 12.0 Å². The van der Waals surface area contributed by atoms with Gasteiger partial charge in [0.2, 0.25) is 0 Å². The third kappa shape index (κ3) is 2.08. The van der Waals surface area contributed by atoms with Gasteiger partial charge in [-0.2, -0.15) is 0 Å². The van der Waals surface area contributed by atoms with Crippen molar-refractivity contribution in [1.29, 1.82) is 0 Å². The minimum Gasteiger partial charge on any atom is -0.389 e. The smallest absolute Gasteiger partial charge is 0.117 e. The van der Waals surface area contributed by atoms with Gasteiger partial charge in [-0.05, 0) is 19.8 Å². The summed E-state index contributed by atoms with van der Waals surface area (Å²) in [6, 6.07) is 9.34.